The van der Waals surface area contributed by atoms with E-state index in [1.54, 1.807) is 0 Å². The molecule has 0 amide bonds. The predicted molar refractivity (Wildman–Crippen MR) is 61.3 cm³/mol. The lowest BCUT2D eigenvalue weighted by Gasteiger charge is -2.07. The van der Waals surface area contributed by atoms with Crippen molar-refractivity contribution in [3.63, 3.8) is 0 Å². The molecule has 2 nitrogen and oxygen atoms in total. The molecule has 0 spiro atoms. The fourth-order valence-electron chi connectivity index (χ4n) is 1.39. The van der Waals surface area contributed by atoms with Crippen LogP contribution in [0.2, 0.25) is 0 Å². The van der Waals surface area contributed by atoms with Gasteiger partial charge in [0.2, 0.25) is 0 Å². The van der Waals surface area contributed by atoms with Crippen molar-refractivity contribution in [3.05, 3.63) is 35.9 Å². The summed E-state index contributed by atoms with van der Waals surface area (Å²) in [6, 6.07) is 10.8. The summed E-state index contributed by atoms with van der Waals surface area (Å²) >= 11 is 0. The number of hydrogen-bond acceptors (Lipinski definition) is 2. The Morgan fingerprint density at radius 2 is 2.00 bits per heavy atom. The van der Waals surface area contributed by atoms with E-state index < -0.39 is 0 Å². The van der Waals surface area contributed by atoms with Gasteiger partial charge in [-0.2, -0.15) is 0 Å². The normalized spacial score (nSPS) is 12.7. The average molecular weight is 192 g/mol. The summed E-state index contributed by atoms with van der Waals surface area (Å²) in [4.78, 5) is 0. The topological polar surface area (TPSA) is 38.0 Å². The van der Waals surface area contributed by atoms with Crippen molar-refractivity contribution < 1.29 is 0 Å². The van der Waals surface area contributed by atoms with E-state index in [4.69, 9.17) is 5.73 Å². The molecule has 1 atom stereocenters. The molecule has 0 aliphatic heterocycles. The van der Waals surface area contributed by atoms with Crippen LogP contribution in [0.3, 0.4) is 0 Å². The summed E-state index contributed by atoms with van der Waals surface area (Å²) in [5.41, 5.74) is 7.04. The number of nitrogens with one attached hydrogen (secondary N) is 1. The Morgan fingerprint density at radius 1 is 1.29 bits per heavy atom. The first-order valence-corrected chi connectivity index (χ1v) is 5.29. The molecule has 1 aromatic carbocycles. The molecule has 0 bridgehead atoms. The molecule has 2 heteroatoms. The largest absolute Gasteiger partial charge is 0.327 e. The fraction of sp³-hybridized carbons (Fsp3) is 0.500. The minimum Gasteiger partial charge on any atom is -0.327 e. The summed E-state index contributed by atoms with van der Waals surface area (Å²) in [7, 11) is 0. The average Bonchev–Trinajstić information content (AvgIpc) is 2.18. The number of hydrogen-bond donors (Lipinski definition) is 2. The van der Waals surface area contributed by atoms with Crippen molar-refractivity contribution >= 4 is 0 Å². The van der Waals surface area contributed by atoms with Gasteiger partial charge in [0.15, 0.2) is 0 Å². The zero-order valence-corrected chi connectivity index (χ0v) is 8.87. The number of aryl methyl sites for hydroxylation is 1. The number of rotatable bonds is 6. The van der Waals surface area contributed by atoms with Gasteiger partial charge in [-0.05, 0) is 31.9 Å². The van der Waals surface area contributed by atoms with Crippen molar-refractivity contribution in [1.82, 2.24) is 5.32 Å². The first kappa shape index (κ1) is 11.2. The molecule has 0 aliphatic rings. The molecule has 1 rings (SSSR count). The van der Waals surface area contributed by atoms with Gasteiger partial charge in [-0.25, -0.2) is 0 Å². The quantitative estimate of drug-likeness (QED) is 0.671. The van der Waals surface area contributed by atoms with Gasteiger partial charge in [0.1, 0.15) is 0 Å². The Hall–Kier alpha value is -0.860. The highest BCUT2D eigenvalue weighted by Gasteiger charge is 1.93. The van der Waals surface area contributed by atoms with Crippen LogP contribution in [0, 0.1) is 0 Å². The fourth-order valence-corrected chi connectivity index (χ4v) is 1.39. The van der Waals surface area contributed by atoms with Gasteiger partial charge in [0, 0.05) is 12.6 Å². The van der Waals surface area contributed by atoms with Crippen LogP contribution in [0.5, 0.6) is 0 Å². The molecule has 0 aliphatic carbocycles. The molecule has 0 saturated heterocycles. The Kier molecular flexibility index (Phi) is 5.27. The van der Waals surface area contributed by atoms with Gasteiger partial charge >= 0.3 is 0 Å². The van der Waals surface area contributed by atoms with Crippen molar-refractivity contribution in [2.45, 2.75) is 25.8 Å². The van der Waals surface area contributed by atoms with Gasteiger partial charge < -0.3 is 11.1 Å². The van der Waals surface area contributed by atoms with Gasteiger partial charge in [-0.15, -0.1) is 0 Å². The van der Waals surface area contributed by atoms with E-state index >= 15 is 0 Å². The lowest BCUT2D eigenvalue weighted by atomic mass is 10.1. The van der Waals surface area contributed by atoms with E-state index in [0.29, 0.717) is 0 Å². The third-order valence-electron chi connectivity index (χ3n) is 2.13. The van der Waals surface area contributed by atoms with Crippen LogP contribution in [-0.4, -0.2) is 19.1 Å². The monoisotopic (exact) mass is 192 g/mol. The van der Waals surface area contributed by atoms with Gasteiger partial charge in [-0.1, -0.05) is 30.3 Å². The zero-order chi connectivity index (χ0) is 10.2. The third kappa shape index (κ3) is 5.00. The maximum Gasteiger partial charge on any atom is 0.0136 e. The molecule has 0 heterocycles. The van der Waals surface area contributed by atoms with E-state index in [1.807, 2.05) is 6.92 Å². The van der Waals surface area contributed by atoms with Crippen LogP contribution in [0.1, 0.15) is 18.9 Å². The van der Waals surface area contributed by atoms with E-state index in [9.17, 15) is 0 Å². The van der Waals surface area contributed by atoms with Gasteiger partial charge in [-0.3, -0.25) is 0 Å². The molecule has 0 fully saturated rings. The lowest BCUT2D eigenvalue weighted by molar-refractivity contribution is 0.591. The van der Waals surface area contributed by atoms with E-state index in [1.165, 1.54) is 12.0 Å². The molecule has 0 radical (unpaired) electrons. The standard InChI is InChI=1S/C12H20N2/c1-11(13)10-14-9-5-8-12-6-3-2-4-7-12/h2-4,6-7,11,14H,5,8-10,13H2,1H3. The molecule has 0 aromatic heterocycles. The van der Waals surface area contributed by atoms with Crippen molar-refractivity contribution in [3.8, 4) is 0 Å². The molecule has 1 unspecified atom stereocenters. The van der Waals surface area contributed by atoms with E-state index in [0.717, 1.165) is 19.5 Å². The molecular formula is C12H20N2. The summed E-state index contributed by atoms with van der Waals surface area (Å²) in [6.45, 7) is 3.98. The minimum atomic E-state index is 0.256. The number of benzene rings is 1. The van der Waals surface area contributed by atoms with Crippen LogP contribution < -0.4 is 11.1 Å². The van der Waals surface area contributed by atoms with Crippen LogP contribution in [0.4, 0.5) is 0 Å². The molecule has 1 aromatic rings. The third-order valence-corrected chi connectivity index (χ3v) is 2.13. The van der Waals surface area contributed by atoms with Crippen molar-refractivity contribution in [2.24, 2.45) is 5.73 Å². The highest BCUT2D eigenvalue weighted by Crippen LogP contribution is 2.01. The molecule has 0 saturated carbocycles. The molecule has 14 heavy (non-hydrogen) atoms. The second-order valence-corrected chi connectivity index (χ2v) is 3.77. The van der Waals surface area contributed by atoms with Gasteiger partial charge in [0.05, 0.1) is 0 Å². The summed E-state index contributed by atoms with van der Waals surface area (Å²) in [5.74, 6) is 0. The summed E-state index contributed by atoms with van der Waals surface area (Å²) < 4.78 is 0. The lowest BCUT2D eigenvalue weighted by Crippen LogP contribution is -2.31. The summed E-state index contributed by atoms with van der Waals surface area (Å²) in [6.07, 6.45) is 2.32. The second-order valence-electron chi connectivity index (χ2n) is 3.77. The maximum absolute atomic E-state index is 5.62. The first-order chi connectivity index (χ1) is 6.79. The molecule has 3 N–H and O–H groups in total. The minimum absolute atomic E-state index is 0.256. The number of nitrogens with two attached hydrogens (primary N) is 1. The van der Waals surface area contributed by atoms with Gasteiger partial charge in [0.25, 0.3) is 0 Å². The highest BCUT2D eigenvalue weighted by molar-refractivity contribution is 5.14. The Morgan fingerprint density at radius 3 is 2.64 bits per heavy atom. The Bertz CT molecular complexity index is 231. The molecular weight excluding hydrogens is 172 g/mol. The van der Waals surface area contributed by atoms with Crippen LogP contribution in [0.25, 0.3) is 0 Å². The smallest absolute Gasteiger partial charge is 0.0136 e. The Balaban J connectivity index is 2.05. The maximum atomic E-state index is 5.62. The van der Waals surface area contributed by atoms with Crippen molar-refractivity contribution in [1.29, 1.82) is 0 Å². The predicted octanol–water partition coefficient (Wildman–Crippen LogP) is 1.56. The first-order valence-electron chi connectivity index (χ1n) is 5.29. The highest BCUT2D eigenvalue weighted by atomic mass is 14.9. The van der Waals surface area contributed by atoms with Crippen LogP contribution in [-0.2, 0) is 6.42 Å². The Labute approximate surface area is 86.5 Å². The molecule has 78 valence electrons. The van der Waals surface area contributed by atoms with E-state index in [-0.39, 0.29) is 6.04 Å². The summed E-state index contributed by atoms with van der Waals surface area (Å²) in [5, 5.41) is 3.33. The zero-order valence-electron chi connectivity index (χ0n) is 8.87. The van der Waals surface area contributed by atoms with E-state index in [2.05, 4.69) is 35.6 Å². The van der Waals surface area contributed by atoms with Crippen LogP contribution in [0.15, 0.2) is 30.3 Å². The SMILES string of the molecule is CC(N)CNCCCc1ccccc1. The second kappa shape index (κ2) is 6.57. The van der Waals surface area contributed by atoms with Crippen molar-refractivity contribution in [2.75, 3.05) is 13.1 Å². The van der Waals surface area contributed by atoms with Crippen LogP contribution >= 0.6 is 0 Å².